The van der Waals surface area contributed by atoms with E-state index in [-0.39, 0.29) is 5.41 Å². The number of aromatic nitrogens is 3. The minimum Gasteiger partial charge on any atom is -0.208 e. The van der Waals surface area contributed by atoms with Crippen LogP contribution in [0.1, 0.15) is 25.0 Å². The first-order valence-electron chi connectivity index (χ1n) is 16.8. The van der Waals surface area contributed by atoms with Crippen LogP contribution in [0.25, 0.3) is 78.3 Å². The highest BCUT2D eigenvalue weighted by molar-refractivity contribution is 6.08. The first-order valence-corrected chi connectivity index (χ1v) is 16.8. The summed E-state index contributed by atoms with van der Waals surface area (Å²) < 4.78 is 0. The molecule has 232 valence electrons. The van der Waals surface area contributed by atoms with Crippen LogP contribution in [0, 0.1) is 0 Å². The highest BCUT2D eigenvalue weighted by atomic mass is 15.0. The molecule has 0 atom stereocenters. The van der Waals surface area contributed by atoms with Gasteiger partial charge in [0.05, 0.1) is 0 Å². The molecule has 3 heteroatoms. The molecular formula is C46H33N3. The Hall–Kier alpha value is -6.19. The zero-order valence-corrected chi connectivity index (χ0v) is 27.4. The molecule has 1 aromatic heterocycles. The van der Waals surface area contributed by atoms with Crippen molar-refractivity contribution in [3.63, 3.8) is 0 Å². The van der Waals surface area contributed by atoms with Gasteiger partial charge in [-0.3, -0.25) is 0 Å². The smallest absolute Gasteiger partial charge is 0.164 e. The molecule has 49 heavy (non-hydrogen) atoms. The third-order valence-electron chi connectivity index (χ3n) is 9.90. The molecule has 1 aliphatic carbocycles. The Kier molecular flexibility index (Phi) is 6.80. The van der Waals surface area contributed by atoms with Crippen molar-refractivity contribution in [2.75, 3.05) is 0 Å². The standard InChI is InChI=1S/C46H33N3/c1-46(2)39-28-34(25-26-38(39)42-40(46)29-35-21-12-13-24-37(35)41(42)30-15-6-3-7-16-30)33-22-14-23-36(27-33)45-48-43(31-17-8-4-9-18-31)47-44(49-45)32-19-10-5-11-20-32/h3-29H,1-2H3. The van der Waals surface area contributed by atoms with Crippen LogP contribution in [0.4, 0.5) is 0 Å². The third-order valence-corrected chi connectivity index (χ3v) is 9.90. The number of nitrogens with zero attached hydrogens (tertiary/aromatic N) is 3. The molecule has 1 heterocycles. The largest absolute Gasteiger partial charge is 0.208 e. The van der Waals surface area contributed by atoms with E-state index in [1.54, 1.807) is 0 Å². The molecule has 1 aliphatic rings. The fraction of sp³-hybridized carbons (Fsp3) is 0.0652. The first kappa shape index (κ1) is 29.0. The molecule has 0 unspecified atom stereocenters. The Morgan fingerprint density at radius 3 is 1.53 bits per heavy atom. The maximum Gasteiger partial charge on any atom is 0.164 e. The van der Waals surface area contributed by atoms with E-state index in [2.05, 4.69) is 117 Å². The number of hydrogen-bond acceptors (Lipinski definition) is 3. The molecule has 0 radical (unpaired) electrons. The number of fused-ring (bicyclic) bond motifs is 4. The molecule has 0 saturated carbocycles. The Balaban J connectivity index is 1.18. The van der Waals surface area contributed by atoms with Crippen LogP contribution in [0.5, 0.6) is 0 Å². The zero-order valence-electron chi connectivity index (χ0n) is 27.4. The van der Waals surface area contributed by atoms with Crippen LogP contribution < -0.4 is 0 Å². The quantitative estimate of drug-likeness (QED) is 0.191. The van der Waals surface area contributed by atoms with Gasteiger partial charge in [-0.05, 0) is 73.5 Å². The maximum atomic E-state index is 4.99. The molecular weight excluding hydrogens is 595 g/mol. The molecule has 8 aromatic rings. The van der Waals surface area contributed by atoms with Crippen molar-refractivity contribution < 1.29 is 0 Å². The third kappa shape index (κ3) is 4.94. The van der Waals surface area contributed by atoms with Crippen molar-refractivity contribution in [1.29, 1.82) is 0 Å². The SMILES string of the molecule is CC1(C)c2cc(-c3cccc(-c4nc(-c5ccccc5)nc(-c5ccccc5)n4)c3)ccc2-c2c1cc1ccccc1c2-c1ccccc1. The van der Waals surface area contributed by atoms with Crippen molar-refractivity contribution in [1.82, 2.24) is 15.0 Å². The summed E-state index contributed by atoms with van der Waals surface area (Å²) >= 11 is 0. The van der Waals surface area contributed by atoms with E-state index < -0.39 is 0 Å². The van der Waals surface area contributed by atoms with Gasteiger partial charge in [0.2, 0.25) is 0 Å². The van der Waals surface area contributed by atoms with Crippen LogP contribution in [0.2, 0.25) is 0 Å². The number of rotatable bonds is 5. The normalized spacial score (nSPS) is 12.9. The summed E-state index contributed by atoms with van der Waals surface area (Å²) in [5, 5.41) is 2.56. The predicted octanol–water partition coefficient (Wildman–Crippen LogP) is 11.7. The topological polar surface area (TPSA) is 38.7 Å². The van der Waals surface area contributed by atoms with Gasteiger partial charge in [0.25, 0.3) is 0 Å². The second-order valence-corrected chi connectivity index (χ2v) is 13.3. The van der Waals surface area contributed by atoms with E-state index in [1.807, 2.05) is 60.7 Å². The first-order chi connectivity index (χ1) is 24.0. The van der Waals surface area contributed by atoms with Crippen LogP contribution in [-0.4, -0.2) is 15.0 Å². The molecule has 0 aliphatic heterocycles. The van der Waals surface area contributed by atoms with Gasteiger partial charge in [0, 0.05) is 22.1 Å². The number of hydrogen-bond donors (Lipinski definition) is 0. The summed E-state index contributed by atoms with van der Waals surface area (Å²) in [5.41, 5.74) is 12.9. The van der Waals surface area contributed by atoms with Gasteiger partial charge in [0.1, 0.15) is 0 Å². The van der Waals surface area contributed by atoms with Crippen LogP contribution in [-0.2, 0) is 5.41 Å². The zero-order chi connectivity index (χ0) is 33.0. The van der Waals surface area contributed by atoms with E-state index in [0.29, 0.717) is 17.5 Å². The van der Waals surface area contributed by atoms with Gasteiger partial charge < -0.3 is 0 Å². The highest BCUT2D eigenvalue weighted by Crippen LogP contribution is 2.55. The van der Waals surface area contributed by atoms with Crippen molar-refractivity contribution in [2.45, 2.75) is 19.3 Å². The Bertz CT molecular complexity index is 2440. The van der Waals surface area contributed by atoms with E-state index in [1.165, 1.54) is 49.7 Å². The monoisotopic (exact) mass is 627 g/mol. The lowest BCUT2D eigenvalue weighted by Crippen LogP contribution is -2.15. The Morgan fingerprint density at radius 2 is 0.878 bits per heavy atom. The van der Waals surface area contributed by atoms with E-state index in [4.69, 9.17) is 15.0 Å². The van der Waals surface area contributed by atoms with Crippen molar-refractivity contribution in [3.8, 4) is 67.5 Å². The molecule has 0 amide bonds. The fourth-order valence-electron chi connectivity index (χ4n) is 7.40. The summed E-state index contributed by atoms with van der Waals surface area (Å²) in [6.07, 6.45) is 0. The lowest BCUT2D eigenvalue weighted by Gasteiger charge is -2.23. The minimum absolute atomic E-state index is 0.171. The van der Waals surface area contributed by atoms with Gasteiger partial charge >= 0.3 is 0 Å². The molecule has 0 fully saturated rings. The highest BCUT2D eigenvalue weighted by Gasteiger charge is 2.38. The van der Waals surface area contributed by atoms with Gasteiger partial charge in [-0.25, -0.2) is 15.0 Å². The second kappa shape index (κ2) is 11.5. The fourth-order valence-corrected chi connectivity index (χ4v) is 7.40. The summed E-state index contributed by atoms with van der Waals surface area (Å²) in [6.45, 7) is 4.73. The van der Waals surface area contributed by atoms with Crippen molar-refractivity contribution in [2.24, 2.45) is 0 Å². The maximum absolute atomic E-state index is 4.99. The van der Waals surface area contributed by atoms with E-state index in [9.17, 15) is 0 Å². The van der Waals surface area contributed by atoms with Gasteiger partial charge in [0.15, 0.2) is 17.5 Å². The number of benzene rings is 7. The van der Waals surface area contributed by atoms with Crippen LogP contribution >= 0.6 is 0 Å². The molecule has 3 nitrogen and oxygen atoms in total. The lowest BCUT2D eigenvalue weighted by atomic mass is 9.80. The predicted molar refractivity (Wildman–Crippen MR) is 202 cm³/mol. The molecule has 9 rings (SSSR count). The van der Waals surface area contributed by atoms with E-state index in [0.717, 1.165) is 22.3 Å². The summed E-state index contributed by atoms with van der Waals surface area (Å²) in [7, 11) is 0. The van der Waals surface area contributed by atoms with Crippen molar-refractivity contribution in [3.05, 3.63) is 175 Å². The van der Waals surface area contributed by atoms with Gasteiger partial charge in [-0.2, -0.15) is 0 Å². The Labute approximate surface area is 286 Å². The van der Waals surface area contributed by atoms with Crippen molar-refractivity contribution >= 4 is 10.8 Å². The molecule has 0 N–H and O–H groups in total. The van der Waals surface area contributed by atoms with Crippen LogP contribution in [0.15, 0.2) is 164 Å². The van der Waals surface area contributed by atoms with Gasteiger partial charge in [-0.1, -0.05) is 159 Å². The lowest BCUT2D eigenvalue weighted by molar-refractivity contribution is 0.661. The molecule has 0 saturated heterocycles. The molecule has 0 bridgehead atoms. The van der Waals surface area contributed by atoms with E-state index >= 15 is 0 Å². The summed E-state index contributed by atoms with van der Waals surface area (Å²) in [5.74, 6) is 1.98. The average Bonchev–Trinajstić information content (AvgIpc) is 3.39. The minimum atomic E-state index is -0.171. The summed E-state index contributed by atoms with van der Waals surface area (Å²) in [6, 6.07) is 57.9. The van der Waals surface area contributed by atoms with Gasteiger partial charge in [-0.15, -0.1) is 0 Å². The van der Waals surface area contributed by atoms with Crippen LogP contribution in [0.3, 0.4) is 0 Å². The summed E-state index contributed by atoms with van der Waals surface area (Å²) in [4.78, 5) is 14.9. The average molecular weight is 628 g/mol. The molecule has 7 aromatic carbocycles. The Morgan fingerprint density at radius 1 is 0.367 bits per heavy atom. The second-order valence-electron chi connectivity index (χ2n) is 13.3. The molecule has 0 spiro atoms.